The first kappa shape index (κ1) is 11.7. The van der Waals surface area contributed by atoms with Crippen molar-refractivity contribution in [3.05, 3.63) is 41.0 Å². The zero-order valence-electron chi connectivity index (χ0n) is 8.01. The largest absolute Gasteiger partial charge is 0.437 e. The fraction of sp³-hybridized carbons (Fsp3) is 0.100. The molecule has 0 saturated heterocycles. The summed E-state index contributed by atoms with van der Waals surface area (Å²) < 4.78 is 19.2. The molecule has 0 atom stereocenters. The van der Waals surface area contributed by atoms with Crippen LogP contribution in [0.2, 0.25) is 5.02 Å². The number of ether oxygens (including phenoxy) is 1. The molecule has 0 amide bonds. The van der Waals surface area contributed by atoms with Crippen LogP contribution in [-0.2, 0) is 0 Å². The van der Waals surface area contributed by atoms with E-state index in [4.69, 9.17) is 16.3 Å². The Labute approximate surface area is 110 Å². The summed E-state index contributed by atoms with van der Waals surface area (Å²) in [5, 5.41) is 3.14. The number of hydrogen-bond donors (Lipinski definition) is 1. The number of allylic oxidation sites excluding steroid dienone is 1. The Morgan fingerprint density at radius 1 is 1.44 bits per heavy atom. The number of hydrogen-bond acceptors (Lipinski definition) is 3. The van der Waals surface area contributed by atoms with E-state index in [0.717, 1.165) is 0 Å². The second-order valence-electron chi connectivity index (χ2n) is 2.96. The van der Waals surface area contributed by atoms with Gasteiger partial charge in [0.25, 0.3) is 0 Å². The van der Waals surface area contributed by atoms with Crippen LogP contribution >= 0.6 is 34.2 Å². The first-order chi connectivity index (χ1) is 7.68. The number of para-hydroxylation sites is 1. The molecular formula is C10H7ClFIN2O. The maximum Gasteiger partial charge on any atom is 0.233 e. The second kappa shape index (κ2) is 5.01. The van der Waals surface area contributed by atoms with E-state index in [1.807, 2.05) is 22.6 Å². The Bertz CT molecular complexity index is 476. The van der Waals surface area contributed by atoms with Crippen LogP contribution in [0.25, 0.3) is 0 Å². The van der Waals surface area contributed by atoms with Crippen molar-refractivity contribution in [2.75, 3.05) is 6.67 Å². The minimum atomic E-state index is -0.508. The van der Waals surface area contributed by atoms with Crippen molar-refractivity contribution >= 4 is 37.9 Å². The smallest absolute Gasteiger partial charge is 0.233 e. The van der Waals surface area contributed by atoms with E-state index >= 15 is 0 Å². The van der Waals surface area contributed by atoms with E-state index in [9.17, 15) is 4.39 Å². The van der Waals surface area contributed by atoms with Crippen molar-refractivity contribution in [3.8, 4) is 5.75 Å². The topological polar surface area (TPSA) is 33.6 Å². The molecule has 0 aromatic heterocycles. The Kier molecular flexibility index (Phi) is 3.65. The molecule has 1 aliphatic heterocycles. The zero-order chi connectivity index (χ0) is 11.5. The van der Waals surface area contributed by atoms with Crippen molar-refractivity contribution in [2.24, 2.45) is 4.99 Å². The first-order valence-corrected chi connectivity index (χ1v) is 5.90. The lowest BCUT2D eigenvalue weighted by molar-refractivity contribution is 0.358. The number of benzene rings is 1. The highest BCUT2D eigenvalue weighted by Gasteiger charge is 2.17. The highest BCUT2D eigenvalue weighted by atomic mass is 127. The molecule has 0 aliphatic carbocycles. The van der Waals surface area contributed by atoms with Crippen LogP contribution in [0.3, 0.4) is 0 Å². The SMILES string of the molecule is FC1=C(Oc2ccccc2Cl)NCN=C1I. The van der Waals surface area contributed by atoms with Crippen molar-refractivity contribution in [1.29, 1.82) is 0 Å². The molecule has 0 bridgehead atoms. The molecular weight excluding hydrogens is 345 g/mol. The van der Waals surface area contributed by atoms with Gasteiger partial charge in [-0.25, -0.2) is 0 Å². The van der Waals surface area contributed by atoms with E-state index in [0.29, 0.717) is 21.2 Å². The maximum absolute atomic E-state index is 13.6. The molecule has 0 unspecified atom stereocenters. The van der Waals surface area contributed by atoms with Crippen LogP contribution in [0.4, 0.5) is 4.39 Å². The van der Waals surface area contributed by atoms with Gasteiger partial charge in [-0.3, -0.25) is 4.99 Å². The Morgan fingerprint density at radius 2 is 2.19 bits per heavy atom. The summed E-state index contributed by atoms with van der Waals surface area (Å²) in [7, 11) is 0. The molecule has 1 heterocycles. The van der Waals surface area contributed by atoms with Gasteiger partial charge in [-0.1, -0.05) is 23.7 Å². The van der Waals surface area contributed by atoms with E-state index in [1.165, 1.54) is 0 Å². The van der Waals surface area contributed by atoms with Gasteiger partial charge in [0.2, 0.25) is 11.7 Å². The monoisotopic (exact) mass is 352 g/mol. The van der Waals surface area contributed by atoms with Crippen LogP contribution in [-0.4, -0.2) is 10.4 Å². The summed E-state index contributed by atoms with van der Waals surface area (Å²) in [6, 6.07) is 6.89. The molecule has 1 N–H and O–H groups in total. The Morgan fingerprint density at radius 3 is 2.94 bits per heavy atom. The van der Waals surface area contributed by atoms with Crippen LogP contribution < -0.4 is 10.1 Å². The van der Waals surface area contributed by atoms with E-state index < -0.39 is 5.83 Å². The average Bonchev–Trinajstić information content (AvgIpc) is 2.28. The predicted octanol–water partition coefficient (Wildman–Crippen LogP) is 3.25. The summed E-state index contributed by atoms with van der Waals surface area (Å²) in [6.07, 6.45) is 0. The van der Waals surface area contributed by atoms with E-state index in [1.54, 1.807) is 24.3 Å². The number of halogens is 3. The summed E-state index contributed by atoms with van der Waals surface area (Å²) in [5.74, 6) is -0.0489. The van der Waals surface area contributed by atoms with Crippen LogP contribution in [0.15, 0.2) is 41.0 Å². The van der Waals surface area contributed by atoms with Crippen molar-refractivity contribution in [2.45, 2.75) is 0 Å². The van der Waals surface area contributed by atoms with Gasteiger partial charge in [0.15, 0.2) is 0 Å². The van der Waals surface area contributed by atoms with Crippen LogP contribution in [0.5, 0.6) is 5.75 Å². The van der Waals surface area contributed by atoms with Gasteiger partial charge in [-0.15, -0.1) is 0 Å². The van der Waals surface area contributed by atoms with Crippen molar-refractivity contribution in [1.82, 2.24) is 5.32 Å². The van der Waals surface area contributed by atoms with Crippen molar-refractivity contribution in [3.63, 3.8) is 0 Å². The third-order valence-electron chi connectivity index (χ3n) is 1.89. The third-order valence-corrected chi connectivity index (χ3v) is 3.01. The minimum Gasteiger partial charge on any atom is -0.437 e. The Hall–Kier alpha value is -0.820. The first-order valence-electron chi connectivity index (χ1n) is 4.45. The quantitative estimate of drug-likeness (QED) is 0.829. The summed E-state index contributed by atoms with van der Waals surface area (Å²) in [4.78, 5) is 3.87. The summed E-state index contributed by atoms with van der Waals surface area (Å²) in [6.45, 7) is 0.297. The van der Waals surface area contributed by atoms with Crippen molar-refractivity contribution < 1.29 is 9.13 Å². The minimum absolute atomic E-state index is 0.0486. The number of nitrogens with zero attached hydrogens (tertiary/aromatic N) is 1. The number of rotatable bonds is 2. The molecule has 1 aliphatic rings. The predicted molar refractivity (Wildman–Crippen MR) is 69.7 cm³/mol. The van der Waals surface area contributed by atoms with Crippen LogP contribution in [0, 0.1) is 0 Å². The standard InChI is InChI=1S/C10H7ClFIN2O/c11-6-3-1-2-4-7(6)16-10-8(12)9(13)14-5-15-10/h1-4,15H,5H2. The molecule has 0 spiro atoms. The molecule has 0 saturated carbocycles. The van der Waals surface area contributed by atoms with E-state index in [-0.39, 0.29) is 5.88 Å². The van der Waals surface area contributed by atoms with Gasteiger partial charge in [0.1, 0.15) is 16.1 Å². The maximum atomic E-state index is 13.6. The van der Waals surface area contributed by atoms with Crippen LogP contribution in [0.1, 0.15) is 0 Å². The summed E-state index contributed by atoms with van der Waals surface area (Å²) in [5.41, 5.74) is 0. The molecule has 16 heavy (non-hydrogen) atoms. The molecule has 2 rings (SSSR count). The van der Waals surface area contributed by atoms with Gasteiger partial charge in [0, 0.05) is 0 Å². The highest BCUT2D eigenvalue weighted by Crippen LogP contribution is 2.26. The van der Waals surface area contributed by atoms with Gasteiger partial charge < -0.3 is 10.1 Å². The zero-order valence-corrected chi connectivity index (χ0v) is 10.9. The second-order valence-corrected chi connectivity index (χ2v) is 4.39. The van der Waals surface area contributed by atoms with Gasteiger partial charge in [0.05, 0.1) is 5.02 Å². The average molecular weight is 353 g/mol. The normalized spacial score (nSPS) is 15.6. The third kappa shape index (κ3) is 2.46. The lowest BCUT2D eigenvalue weighted by atomic mass is 10.3. The van der Waals surface area contributed by atoms with E-state index in [2.05, 4.69) is 10.3 Å². The fourth-order valence-corrected chi connectivity index (χ4v) is 1.73. The number of nitrogens with one attached hydrogen (secondary N) is 1. The van der Waals surface area contributed by atoms with Gasteiger partial charge in [-0.05, 0) is 34.7 Å². The molecule has 6 heteroatoms. The molecule has 0 radical (unpaired) electrons. The lowest BCUT2D eigenvalue weighted by Gasteiger charge is -2.16. The summed E-state index contributed by atoms with van der Waals surface area (Å²) >= 11 is 7.71. The Balaban J connectivity index is 2.26. The van der Waals surface area contributed by atoms with Gasteiger partial charge >= 0.3 is 0 Å². The van der Waals surface area contributed by atoms with Gasteiger partial charge in [-0.2, -0.15) is 4.39 Å². The molecule has 3 nitrogen and oxygen atoms in total. The molecule has 1 aromatic rings. The molecule has 1 aromatic carbocycles. The fourth-order valence-electron chi connectivity index (χ4n) is 1.14. The molecule has 84 valence electrons. The highest BCUT2D eigenvalue weighted by molar-refractivity contribution is 14.1. The lowest BCUT2D eigenvalue weighted by Crippen LogP contribution is -2.25. The number of aliphatic imine (C=N–C) groups is 1. The molecule has 0 fully saturated rings.